The summed E-state index contributed by atoms with van der Waals surface area (Å²) in [6.07, 6.45) is 0.186. The molecular weight excluding hydrogens is 278 g/mol. The highest BCUT2D eigenvalue weighted by atomic mass is 35.5. The number of rotatable bonds is 6. The number of hydrogen-bond acceptors (Lipinski definition) is 3. The Kier molecular flexibility index (Phi) is 5.40. The van der Waals surface area contributed by atoms with Crippen LogP contribution in [0.1, 0.15) is 23.0 Å². The summed E-state index contributed by atoms with van der Waals surface area (Å²) in [5.74, 6) is 0. The average molecular weight is 296 g/mol. The highest BCUT2D eigenvalue weighted by Crippen LogP contribution is 2.25. The van der Waals surface area contributed by atoms with Crippen molar-refractivity contribution in [3.63, 3.8) is 0 Å². The minimum Gasteiger partial charge on any atom is -0.388 e. The Morgan fingerprint density at radius 2 is 2.05 bits per heavy atom. The van der Waals surface area contributed by atoms with Gasteiger partial charge < -0.3 is 10.0 Å². The third-order valence-electron chi connectivity index (χ3n) is 3.05. The summed E-state index contributed by atoms with van der Waals surface area (Å²) in [4.78, 5) is 3.56. The van der Waals surface area contributed by atoms with Gasteiger partial charge in [0.2, 0.25) is 0 Å². The van der Waals surface area contributed by atoms with E-state index in [9.17, 15) is 5.11 Å². The van der Waals surface area contributed by atoms with Gasteiger partial charge in [0.25, 0.3) is 0 Å². The minimum absolute atomic E-state index is 0.500. The minimum atomic E-state index is -0.500. The fourth-order valence-electron chi connectivity index (χ4n) is 1.99. The Labute approximate surface area is 123 Å². The predicted octanol–water partition coefficient (Wildman–Crippen LogP) is 3.96. The zero-order valence-corrected chi connectivity index (χ0v) is 12.5. The molecule has 1 heterocycles. The number of aliphatic hydroxyl groups is 1. The number of halogens is 1. The molecule has 1 aromatic carbocycles. The standard InChI is InChI=1S/C15H18ClNOS/c1-17(11-12-5-4-10-19-12)9-8-15(18)13-6-2-3-7-14(13)16/h2-7,10,15,18H,8-9,11H2,1H3. The van der Waals surface area contributed by atoms with E-state index in [1.807, 2.05) is 24.3 Å². The van der Waals surface area contributed by atoms with Crippen LogP contribution in [0.3, 0.4) is 0 Å². The lowest BCUT2D eigenvalue weighted by Crippen LogP contribution is -2.20. The molecule has 2 rings (SSSR count). The monoisotopic (exact) mass is 295 g/mol. The number of nitrogens with zero attached hydrogens (tertiary/aromatic N) is 1. The van der Waals surface area contributed by atoms with Crippen molar-refractivity contribution in [2.45, 2.75) is 19.1 Å². The first-order chi connectivity index (χ1) is 9.16. The number of hydrogen-bond donors (Lipinski definition) is 1. The molecule has 0 amide bonds. The van der Waals surface area contributed by atoms with Gasteiger partial charge in [-0.15, -0.1) is 11.3 Å². The van der Waals surface area contributed by atoms with Crippen molar-refractivity contribution >= 4 is 22.9 Å². The molecule has 0 saturated carbocycles. The van der Waals surface area contributed by atoms with Crippen molar-refractivity contribution in [2.24, 2.45) is 0 Å². The van der Waals surface area contributed by atoms with E-state index in [4.69, 9.17) is 11.6 Å². The van der Waals surface area contributed by atoms with Crippen LogP contribution in [0.2, 0.25) is 5.02 Å². The second kappa shape index (κ2) is 7.06. The van der Waals surface area contributed by atoms with Crippen LogP contribution in [-0.4, -0.2) is 23.6 Å². The van der Waals surface area contributed by atoms with Crippen LogP contribution in [0.4, 0.5) is 0 Å². The van der Waals surface area contributed by atoms with Crippen molar-refractivity contribution < 1.29 is 5.11 Å². The molecule has 0 aliphatic rings. The summed E-state index contributed by atoms with van der Waals surface area (Å²) < 4.78 is 0. The first kappa shape index (κ1) is 14.5. The lowest BCUT2D eigenvalue weighted by Gasteiger charge is -2.19. The fourth-order valence-corrected chi connectivity index (χ4v) is 3.04. The molecule has 2 nitrogen and oxygen atoms in total. The molecule has 4 heteroatoms. The molecule has 0 bridgehead atoms. The van der Waals surface area contributed by atoms with Crippen LogP contribution >= 0.6 is 22.9 Å². The molecule has 1 aromatic heterocycles. The average Bonchev–Trinajstić information content (AvgIpc) is 2.89. The Bertz CT molecular complexity index is 501. The number of thiophene rings is 1. The zero-order valence-electron chi connectivity index (χ0n) is 10.9. The molecule has 19 heavy (non-hydrogen) atoms. The SMILES string of the molecule is CN(CCC(O)c1ccccc1Cl)Cc1cccs1. The van der Waals surface area contributed by atoms with Crippen LogP contribution in [0.15, 0.2) is 41.8 Å². The summed E-state index contributed by atoms with van der Waals surface area (Å²) in [5, 5.41) is 12.9. The van der Waals surface area contributed by atoms with E-state index >= 15 is 0 Å². The summed E-state index contributed by atoms with van der Waals surface area (Å²) in [6.45, 7) is 1.76. The van der Waals surface area contributed by atoms with Crippen LogP contribution in [0.5, 0.6) is 0 Å². The fraction of sp³-hybridized carbons (Fsp3) is 0.333. The van der Waals surface area contributed by atoms with Gasteiger partial charge in [-0.25, -0.2) is 0 Å². The first-order valence-corrected chi connectivity index (χ1v) is 7.56. The van der Waals surface area contributed by atoms with Gasteiger partial charge in [-0.2, -0.15) is 0 Å². The van der Waals surface area contributed by atoms with E-state index in [1.54, 1.807) is 11.3 Å². The normalized spacial score (nSPS) is 12.8. The van der Waals surface area contributed by atoms with E-state index in [1.165, 1.54) is 4.88 Å². The van der Waals surface area contributed by atoms with Crippen molar-refractivity contribution in [3.05, 3.63) is 57.2 Å². The molecule has 1 N–H and O–H groups in total. The molecule has 0 aliphatic carbocycles. The largest absolute Gasteiger partial charge is 0.388 e. The van der Waals surface area contributed by atoms with Crippen molar-refractivity contribution in [1.29, 1.82) is 0 Å². The maximum absolute atomic E-state index is 10.2. The van der Waals surface area contributed by atoms with Gasteiger partial charge in [-0.3, -0.25) is 0 Å². The van der Waals surface area contributed by atoms with Gasteiger partial charge in [0.1, 0.15) is 0 Å². The molecule has 0 spiro atoms. The maximum Gasteiger partial charge on any atom is 0.0816 e. The molecular formula is C15H18ClNOS. The lowest BCUT2D eigenvalue weighted by molar-refractivity contribution is 0.148. The van der Waals surface area contributed by atoms with Crippen LogP contribution in [0.25, 0.3) is 0 Å². The summed E-state index contributed by atoms with van der Waals surface area (Å²) in [7, 11) is 2.07. The summed E-state index contributed by atoms with van der Waals surface area (Å²) in [6, 6.07) is 11.7. The van der Waals surface area contributed by atoms with E-state index in [0.29, 0.717) is 11.4 Å². The van der Waals surface area contributed by atoms with Gasteiger partial charge in [0.15, 0.2) is 0 Å². The predicted molar refractivity (Wildman–Crippen MR) is 81.7 cm³/mol. The third kappa shape index (κ3) is 4.32. The molecule has 0 radical (unpaired) electrons. The van der Waals surface area contributed by atoms with Crippen LogP contribution in [0, 0.1) is 0 Å². The Hall–Kier alpha value is -0.870. The van der Waals surface area contributed by atoms with E-state index in [0.717, 1.165) is 18.7 Å². The Morgan fingerprint density at radius 3 is 2.74 bits per heavy atom. The van der Waals surface area contributed by atoms with Crippen LogP contribution in [-0.2, 0) is 6.54 Å². The van der Waals surface area contributed by atoms with Gasteiger partial charge >= 0.3 is 0 Å². The maximum atomic E-state index is 10.2. The topological polar surface area (TPSA) is 23.5 Å². The molecule has 0 saturated heterocycles. The molecule has 0 aliphatic heterocycles. The van der Waals surface area contributed by atoms with E-state index in [2.05, 4.69) is 29.5 Å². The van der Waals surface area contributed by atoms with E-state index in [-0.39, 0.29) is 0 Å². The van der Waals surface area contributed by atoms with Gasteiger partial charge in [0, 0.05) is 23.0 Å². The highest BCUT2D eigenvalue weighted by molar-refractivity contribution is 7.09. The van der Waals surface area contributed by atoms with Crippen molar-refractivity contribution in [2.75, 3.05) is 13.6 Å². The van der Waals surface area contributed by atoms with E-state index < -0.39 is 6.10 Å². The number of benzene rings is 1. The van der Waals surface area contributed by atoms with Crippen LogP contribution < -0.4 is 0 Å². The number of aliphatic hydroxyl groups excluding tert-OH is 1. The highest BCUT2D eigenvalue weighted by Gasteiger charge is 2.12. The molecule has 102 valence electrons. The molecule has 1 atom stereocenters. The smallest absolute Gasteiger partial charge is 0.0816 e. The zero-order chi connectivity index (χ0) is 13.7. The molecule has 1 unspecified atom stereocenters. The Balaban J connectivity index is 1.83. The first-order valence-electron chi connectivity index (χ1n) is 6.30. The molecule has 0 fully saturated rings. The second-order valence-corrected chi connectivity index (χ2v) is 6.08. The molecule has 2 aromatic rings. The summed E-state index contributed by atoms with van der Waals surface area (Å²) >= 11 is 7.84. The summed E-state index contributed by atoms with van der Waals surface area (Å²) in [5.41, 5.74) is 0.814. The second-order valence-electron chi connectivity index (χ2n) is 4.64. The van der Waals surface area contributed by atoms with Crippen molar-refractivity contribution in [3.8, 4) is 0 Å². The Morgan fingerprint density at radius 1 is 1.26 bits per heavy atom. The quantitative estimate of drug-likeness (QED) is 0.872. The van der Waals surface area contributed by atoms with Crippen molar-refractivity contribution in [1.82, 2.24) is 4.90 Å². The van der Waals surface area contributed by atoms with Gasteiger partial charge in [-0.1, -0.05) is 35.9 Å². The lowest BCUT2D eigenvalue weighted by atomic mass is 10.1. The third-order valence-corrected chi connectivity index (χ3v) is 4.26. The van der Waals surface area contributed by atoms with Gasteiger partial charge in [-0.05, 0) is 36.5 Å². The van der Waals surface area contributed by atoms with Gasteiger partial charge in [0.05, 0.1) is 6.10 Å².